The van der Waals surface area contributed by atoms with Gasteiger partial charge in [-0.3, -0.25) is 9.97 Å². The highest BCUT2D eigenvalue weighted by molar-refractivity contribution is 5.83. The summed E-state index contributed by atoms with van der Waals surface area (Å²) in [7, 11) is 0. The van der Waals surface area contributed by atoms with E-state index in [2.05, 4.69) is 9.97 Å². The summed E-state index contributed by atoms with van der Waals surface area (Å²) in [5.41, 5.74) is 2.91. The van der Waals surface area contributed by atoms with E-state index in [9.17, 15) is 0 Å². The Bertz CT molecular complexity index is 3040. The molecule has 1 atom stereocenters. The zero-order chi connectivity index (χ0) is 46.9. The molecule has 1 aliphatic carbocycles. The minimum Gasteiger partial charge on any atom is -0.335 e. The second-order valence-electron chi connectivity index (χ2n) is 17.3. The molecule has 0 saturated carbocycles. The largest absolute Gasteiger partial charge is 0.417 e. The van der Waals surface area contributed by atoms with Crippen molar-refractivity contribution in [3.63, 3.8) is 0 Å². The van der Waals surface area contributed by atoms with Crippen LogP contribution >= 0.6 is 0 Å². The molecule has 0 N–H and O–H groups in total. The van der Waals surface area contributed by atoms with Gasteiger partial charge in [0, 0.05) is 69.1 Å². The fraction of sp³-hybridized carbons (Fsp3) is 0.143. The molecule has 1 unspecified atom stereocenters. The maximum absolute atomic E-state index is 15.5. The fourth-order valence-electron chi connectivity index (χ4n) is 8.86. The Morgan fingerprint density at radius 1 is 0.507 bits per heavy atom. The predicted octanol–water partition coefficient (Wildman–Crippen LogP) is 16.3. The first-order valence-corrected chi connectivity index (χ1v) is 21.8. The van der Waals surface area contributed by atoms with Crippen LogP contribution in [0.5, 0.6) is 0 Å². The molecule has 0 saturated heterocycles. The smallest absolute Gasteiger partial charge is 0.335 e. The number of pyridine rings is 2. The number of alkyl halides is 6. The van der Waals surface area contributed by atoms with Crippen LogP contribution < -0.4 is 9.80 Å². The van der Waals surface area contributed by atoms with Crippen molar-refractivity contribution in [1.82, 2.24) is 14.5 Å². The SMILES string of the molecule is CC(C)(C)n1c(-c2ccc(N(C3=CCC(c4ccccc4)C=C3)c3cccnc3)cc2C(F)(F)F)ccc1-c1ccc(N(c2ccc(-c3ccccc3)cc2)c2cccnc2)cc1C(F)(F)F. The molecule has 67 heavy (non-hydrogen) atoms. The van der Waals surface area contributed by atoms with E-state index >= 15 is 26.3 Å². The minimum absolute atomic E-state index is 0.0971. The lowest BCUT2D eigenvalue weighted by atomic mass is 9.91. The third-order valence-corrected chi connectivity index (χ3v) is 11.8. The van der Waals surface area contributed by atoms with Gasteiger partial charge < -0.3 is 14.4 Å². The van der Waals surface area contributed by atoms with Crippen LogP contribution in [0.25, 0.3) is 33.6 Å². The molecule has 0 aliphatic heterocycles. The highest BCUT2D eigenvalue weighted by Gasteiger charge is 2.39. The van der Waals surface area contributed by atoms with Gasteiger partial charge in [0.25, 0.3) is 0 Å². The van der Waals surface area contributed by atoms with E-state index in [1.54, 1.807) is 96.3 Å². The third kappa shape index (κ3) is 9.27. The summed E-state index contributed by atoms with van der Waals surface area (Å²) in [6, 6.07) is 45.4. The monoisotopic (exact) mass is 901 g/mol. The number of rotatable bonds is 10. The number of hydrogen-bond donors (Lipinski definition) is 0. The average molecular weight is 902 g/mol. The van der Waals surface area contributed by atoms with Crippen LogP contribution in [0.3, 0.4) is 0 Å². The summed E-state index contributed by atoms with van der Waals surface area (Å²) in [5, 5.41) is 0. The van der Waals surface area contributed by atoms with Crippen LogP contribution in [0.15, 0.2) is 206 Å². The first kappa shape index (κ1) is 44.5. The van der Waals surface area contributed by atoms with E-state index in [0.29, 0.717) is 29.2 Å². The average Bonchev–Trinajstić information content (AvgIpc) is 3.79. The molecule has 336 valence electrons. The van der Waals surface area contributed by atoms with Crippen LogP contribution in [-0.4, -0.2) is 14.5 Å². The quantitative estimate of drug-likeness (QED) is 0.128. The summed E-state index contributed by atoms with van der Waals surface area (Å²) in [4.78, 5) is 12.0. The standard InChI is InChI=1S/C56H45F6N5/c1-54(2,3)67-52(48-28-26-44(34-50(48)55(57,58)59)65(46-16-10-32-63-36-46)42-22-18-40(19-23-42)38-12-6-4-7-13-38)30-31-53(67)49-29-27-45(35-51(49)56(60,61)62)66(47-17-11-33-64-37-47)43-24-20-41(21-25-43)39-14-8-5-9-15-39/h4-20,22-37,41H,21H2,1-3H3. The number of hydrogen-bond acceptors (Lipinski definition) is 4. The second kappa shape index (κ2) is 18.0. The lowest BCUT2D eigenvalue weighted by Crippen LogP contribution is -2.25. The number of anilines is 5. The van der Waals surface area contributed by atoms with Gasteiger partial charge in [0.05, 0.1) is 34.9 Å². The maximum Gasteiger partial charge on any atom is 0.417 e. The van der Waals surface area contributed by atoms with Gasteiger partial charge >= 0.3 is 12.4 Å². The highest BCUT2D eigenvalue weighted by Crippen LogP contribution is 2.48. The summed E-state index contributed by atoms with van der Waals surface area (Å²) < 4.78 is 94.7. The maximum atomic E-state index is 15.5. The van der Waals surface area contributed by atoms with E-state index in [-0.39, 0.29) is 39.8 Å². The molecule has 0 amide bonds. The first-order chi connectivity index (χ1) is 32.1. The molecule has 3 aromatic heterocycles. The van der Waals surface area contributed by atoms with Crippen molar-refractivity contribution in [2.24, 2.45) is 0 Å². The van der Waals surface area contributed by atoms with E-state index in [0.717, 1.165) is 28.8 Å². The van der Waals surface area contributed by atoms with Crippen LogP contribution in [0.2, 0.25) is 0 Å². The number of benzene rings is 5. The van der Waals surface area contributed by atoms with Crippen LogP contribution in [0, 0.1) is 0 Å². The molecule has 3 heterocycles. The Kier molecular flexibility index (Phi) is 11.9. The van der Waals surface area contributed by atoms with Crippen molar-refractivity contribution >= 4 is 28.4 Å². The van der Waals surface area contributed by atoms with Gasteiger partial charge in [0.2, 0.25) is 0 Å². The normalized spacial score (nSPS) is 14.2. The summed E-state index contributed by atoms with van der Waals surface area (Å²) >= 11 is 0. The van der Waals surface area contributed by atoms with Crippen molar-refractivity contribution < 1.29 is 26.3 Å². The Morgan fingerprint density at radius 2 is 1.00 bits per heavy atom. The lowest BCUT2D eigenvalue weighted by Gasteiger charge is -2.31. The number of nitrogens with zero attached hydrogens (tertiary/aromatic N) is 5. The predicted molar refractivity (Wildman–Crippen MR) is 256 cm³/mol. The minimum atomic E-state index is -4.85. The molecule has 9 rings (SSSR count). The molecular formula is C56H45F6N5. The van der Waals surface area contributed by atoms with E-state index < -0.39 is 29.0 Å². The van der Waals surface area contributed by atoms with E-state index in [1.165, 1.54) is 24.3 Å². The second-order valence-corrected chi connectivity index (χ2v) is 17.3. The van der Waals surface area contributed by atoms with Crippen molar-refractivity contribution in [3.05, 3.63) is 223 Å². The van der Waals surface area contributed by atoms with Crippen molar-refractivity contribution in [2.75, 3.05) is 9.80 Å². The lowest BCUT2D eigenvalue weighted by molar-refractivity contribution is -0.137. The van der Waals surface area contributed by atoms with Gasteiger partial charge in [-0.25, -0.2) is 0 Å². The van der Waals surface area contributed by atoms with Crippen LogP contribution in [0.4, 0.5) is 54.8 Å². The molecule has 0 fully saturated rings. The molecule has 11 heteroatoms. The van der Waals surface area contributed by atoms with Gasteiger partial charge in [-0.2, -0.15) is 26.3 Å². The summed E-state index contributed by atoms with van der Waals surface area (Å²) in [5.74, 6) is 0.0971. The van der Waals surface area contributed by atoms with Gasteiger partial charge in [-0.15, -0.1) is 0 Å². The fourth-order valence-corrected chi connectivity index (χ4v) is 8.86. The molecule has 1 aliphatic rings. The van der Waals surface area contributed by atoms with Crippen molar-refractivity contribution in [1.29, 1.82) is 0 Å². The molecular weight excluding hydrogens is 857 g/mol. The van der Waals surface area contributed by atoms with Gasteiger partial charge in [0.15, 0.2) is 0 Å². The third-order valence-electron chi connectivity index (χ3n) is 11.8. The number of aromatic nitrogens is 3. The van der Waals surface area contributed by atoms with E-state index in [1.807, 2.05) is 103 Å². The molecule has 0 bridgehead atoms. The molecule has 5 nitrogen and oxygen atoms in total. The highest BCUT2D eigenvalue weighted by atomic mass is 19.4. The molecule has 0 radical (unpaired) electrons. The topological polar surface area (TPSA) is 37.2 Å². The molecule has 0 spiro atoms. The van der Waals surface area contributed by atoms with Gasteiger partial charge in [-0.05, 0) is 123 Å². The zero-order valence-corrected chi connectivity index (χ0v) is 36.8. The van der Waals surface area contributed by atoms with E-state index in [4.69, 9.17) is 0 Å². The summed E-state index contributed by atoms with van der Waals surface area (Å²) in [6.45, 7) is 5.30. The Balaban J connectivity index is 1.14. The number of halogens is 6. The van der Waals surface area contributed by atoms with Gasteiger partial charge in [-0.1, -0.05) is 97.1 Å². The van der Waals surface area contributed by atoms with Crippen molar-refractivity contribution in [2.45, 2.75) is 51.0 Å². The number of allylic oxidation sites excluding steroid dienone is 3. The summed E-state index contributed by atoms with van der Waals surface area (Å²) in [6.07, 6.45) is 3.25. The zero-order valence-electron chi connectivity index (χ0n) is 36.8. The molecule has 5 aromatic carbocycles. The van der Waals surface area contributed by atoms with Crippen LogP contribution in [-0.2, 0) is 17.9 Å². The van der Waals surface area contributed by atoms with Crippen LogP contribution in [0.1, 0.15) is 49.8 Å². The Morgan fingerprint density at radius 3 is 1.48 bits per heavy atom. The van der Waals surface area contributed by atoms with Gasteiger partial charge in [0.1, 0.15) is 0 Å². The van der Waals surface area contributed by atoms with Crippen molar-refractivity contribution in [3.8, 4) is 33.6 Å². The Hall–Kier alpha value is -7.66. The molecule has 8 aromatic rings. The Labute approximate surface area is 385 Å². The first-order valence-electron chi connectivity index (χ1n) is 21.8.